The average Bonchev–Trinajstić information content (AvgIpc) is 2.51. The summed E-state index contributed by atoms with van der Waals surface area (Å²) >= 11 is 0. The predicted octanol–water partition coefficient (Wildman–Crippen LogP) is 3.20. The van der Waals surface area contributed by atoms with Crippen LogP contribution in [-0.4, -0.2) is 19.1 Å². The van der Waals surface area contributed by atoms with Gasteiger partial charge < -0.3 is 15.8 Å². The minimum absolute atomic E-state index is 0.145. The molecule has 4 heteroatoms. The van der Waals surface area contributed by atoms with Crippen LogP contribution in [0.1, 0.15) is 35.7 Å². The highest BCUT2D eigenvalue weighted by Gasteiger charge is 2.08. The lowest BCUT2D eigenvalue weighted by atomic mass is 10.0. The molecule has 0 atom stereocenters. The number of carbonyl (C=O) groups excluding carboxylic acids is 1. The molecule has 0 aromatic heterocycles. The Morgan fingerprint density at radius 2 is 1.95 bits per heavy atom. The molecular weight excluding hydrogens is 276 g/mol. The number of ether oxygens (including phenoxy) is 1. The summed E-state index contributed by atoms with van der Waals surface area (Å²) in [5.74, 6) is 1.13. The maximum Gasteiger partial charge on any atom is 0.251 e. The number of anilines is 1. The largest absolute Gasteiger partial charge is 0.491 e. The van der Waals surface area contributed by atoms with Crippen molar-refractivity contribution in [3.8, 4) is 5.75 Å². The molecule has 4 nitrogen and oxygen atoms in total. The van der Waals surface area contributed by atoms with E-state index in [1.807, 2.05) is 18.2 Å². The standard InChI is InChI=1S/C18H22N2O2/c1-13(2)16-8-3-4-9-17(16)22-11-10-20-18(21)14-6-5-7-15(19)12-14/h3-9,12-13H,10-11,19H2,1-2H3,(H,20,21). The van der Waals surface area contributed by atoms with Crippen LogP contribution in [0.4, 0.5) is 5.69 Å². The number of rotatable bonds is 6. The first kappa shape index (κ1) is 15.9. The van der Waals surface area contributed by atoms with Crippen LogP contribution in [0.2, 0.25) is 0 Å². The summed E-state index contributed by atoms with van der Waals surface area (Å²) in [5.41, 5.74) is 7.97. The van der Waals surface area contributed by atoms with Crippen molar-refractivity contribution in [3.63, 3.8) is 0 Å². The van der Waals surface area contributed by atoms with Gasteiger partial charge in [-0.2, -0.15) is 0 Å². The van der Waals surface area contributed by atoms with Crippen LogP contribution in [-0.2, 0) is 0 Å². The Hall–Kier alpha value is -2.49. The lowest BCUT2D eigenvalue weighted by Crippen LogP contribution is -2.28. The van der Waals surface area contributed by atoms with Gasteiger partial charge in [-0.05, 0) is 35.7 Å². The summed E-state index contributed by atoms with van der Waals surface area (Å²) in [5, 5.41) is 2.83. The fraction of sp³-hybridized carbons (Fsp3) is 0.278. The molecular formula is C18H22N2O2. The van der Waals surface area contributed by atoms with E-state index in [0.29, 0.717) is 30.3 Å². The van der Waals surface area contributed by atoms with Gasteiger partial charge >= 0.3 is 0 Å². The quantitative estimate of drug-likeness (QED) is 0.636. The molecule has 116 valence electrons. The summed E-state index contributed by atoms with van der Waals surface area (Å²) in [7, 11) is 0. The van der Waals surface area contributed by atoms with E-state index < -0.39 is 0 Å². The van der Waals surface area contributed by atoms with E-state index >= 15 is 0 Å². The van der Waals surface area contributed by atoms with Crippen LogP contribution in [0.15, 0.2) is 48.5 Å². The molecule has 0 aliphatic rings. The van der Waals surface area contributed by atoms with Gasteiger partial charge in [0.2, 0.25) is 0 Å². The zero-order chi connectivity index (χ0) is 15.9. The molecule has 0 unspecified atom stereocenters. The number of nitrogens with one attached hydrogen (secondary N) is 1. The van der Waals surface area contributed by atoms with Crippen molar-refractivity contribution >= 4 is 11.6 Å². The highest BCUT2D eigenvalue weighted by molar-refractivity contribution is 5.94. The van der Waals surface area contributed by atoms with Gasteiger partial charge in [-0.25, -0.2) is 0 Å². The molecule has 2 aromatic rings. The van der Waals surface area contributed by atoms with E-state index in [9.17, 15) is 4.79 Å². The van der Waals surface area contributed by atoms with E-state index in [0.717, 1.165) is 5.75 Å². The number of nitrogens with two attached hydrogens (primary N) is 1. The molecule has 0 bridgehead atoms. The van der Waals surface area contributed by atoms with Crippen molar-refractivity contribution in [1.82, 2.24) is 5.32 Å². The molecule has 0 aliphatic carbocycles. The van der Waals surface area contributed by atoms with E-state index in [4.69, 9.17) is 10.5 Å². The molecule has 0 saturated carbocycles. The van der Waals surface area contributed by atoms with Gasteiger partial charge in [-0.1, -0.05) is 38.1 Å². The molecule has 0 spiro atoms. The second kappa shape index (κ2) is 7.50. The normalized spacial score (nSPS) is 10.5. The Labute approximate surface area is 131 Å². The van der Waals surface area contributed by atoms with Crippen LogP contribution in [0.25, 0.3) is 0 Å². The average molecular weight is 298 g/mol. The van der Waals surface area contributed by atoms with Crippen molar-refractivity contribution in [2.24, 2.45) is 0 Å². The van der Waals surface area contributed by atoms with Crippen molar-refractivity contribution in [2.75, 3.05) is 18.9 Å². The van der Waals surface area contributed by atoms with Crippen molar-refractivity contribution in [2.45, 2.75) is 19.8 Å². The van der Waals surface area contributed by atoms with Crippen LogP contribution >= 0.6 is 0 Å². The SMILES string of the molecule is CC(C)c1ccccc1OCCNC(=O)c1cccc(N)c1. The number of hydrogen-bond acceptors (Lipinski definition) is 3. The number of carbonyl (C=O) groups is 1. The molecule has 0 aliphatic heterocycles. The fourth-order valence-electron chi connectivity index (χ4n) is 2.20. The number of para-hydroxylation sites is 1. The number of benzene rings is 2. The molecule has 0 fully saturated rings. The van der Waals surface area contributed by atoms with Gasteiger partial charge in [-0.3, -0.25) is 4.79 Å². The summed E-state index contributed by atoms with van der Waals surface area (Å²) in [6.45, 7) is 5.13. The molecule has 0 saturated heterocycles. The monoisotopic (exact) mass is 298 g/mol. The van der Waals surface area contributed by atoms with Crippen LogP contribution in [0.3, 0.4) is 0 Å². The summed E-state index contributed by atoms with van der Waals surface area (Å²) in [6, 6.07) is 14.9. The first-order valence-corrected chi connectivity index (χ1v) is 7.43. The lowest BCUT2D eigenvalue weighted by molar-refractivity contribution is 0.0947. The van der Waals surface area contributed by atoms with Crippen molar-refractivity contribution in [1.29, 1.82) is 0 Å². The number of hydrogen-bond donors (Lipinski definition) is 2. The highest BCUT2D eigenvalue weighted by atomic mass is 16.5. The third-order valence-corrected chi connectivity index (χ3v) is 3.34. The summed E-state index contributed by atoms with van der Waals surface area (Å²) in [6.07, 6.45) is 0. The Balaban J connectivity index is 1.84. The molecule has 1 amide bonds. The van der Waals surface area contributed by atoms with Gasteiger partial charge in [0, 0.05) is 11.3 Å². The van der Waals surface area contributed by atoms with Crippen LogP contribution in [0, 0.1) is 0 Å². The topological polar surface area (TPSA) is 64.3 Å². The van der Waals surface area contributed by atoms with Crippen molar-refractivity contribution in [3.05, 3.63) is 59.7 Å². The first-order chi connectivity index (χ1) is 10.6. The maximum absolute atomic E-state index is 12.0. The first-order valence-electron chi connectivity index (χ1n) is 7.43. The van der Waals surface area contributed by atoms with E-state index in [1.54, 1.807) is 24.3 Å². The Kier molecular flexibility index (Phi) is 5.42. The number of nitrogen functional groups attached to an aromatic ring is 1. The van der Waals surface area contributed by atoms with Gasteiger partial charge in [-0.15, -0.1) is 0 Å². The summed E-state index contributed by atoms with van der Waals surface area (Å²) in [4.78, 5) is 12.0. The zero-order valence-electron chi connectivity index (χ0n) is 13.0. The molecule has 0 radical (unpaired) electrons. The minimum Gasteiger partial charge on any atom is -0.491 e. The van der Waals surface area contributed by atoms with Crippen molar-refractivity contribution < 1.29 is 9.53 Å². The van der Waals surface area contributed by atoms with Gasteiger partial charge in [0.05, 0.1) is 6.54 Å². The second-order valence-electron chi connectivity index (χ2n) is 5.42. The molecule has 22 heavy (non-hydrogen) atoms. The second-order valence-corrected chi connectivity index (χ2v) is 5.42. The van der Waals surface area contributed by atoms with E-state index in [2.05, 4.69) is 25.2 Å². The number of amides is 1. The molecule has 3 N–H and O–H groups in total. The predicted molar refractivity (Wildman–Crippen MR) is 89.2 cm³/mol. The molecule has 2 aromatic carbocycles. The fourth-order valence-corrected chi connectivity index (χ4v) is 2.20. The zero-order valence-corrected chi connectivity index (χ0v) is 13.0. The summed E-state index contributed by atoms with van der Waals surface area (Å²) < 4.78 is 5.77. The van der Waals surface area contributed by atoms with Crippen LogP contribution in [0.5, 0.6) is 5.75 Å². The molecule has 0 heterocycles. The van der Waals surface area contributed by atoms with Gasteiger partial charge in [0.1, 0.15) is 12.4 Å². The van der Waals surface area contributed by atoms with Gasteiger partial charge in [0.25, 0.3) is 5.91 Å². The molecule has 2 rings (SSSR count). The third-order valence-electron chi connectivity index (χ3n) is 3.34. The van der Waals surface area contributed by atoms with Gasteiger partial charge in [0.15, 0.2) is 0 Å². The Bertz CT molecular complexity index is 638. The van der Waals surface area contributed by atoms with E-state index in [-0.39, 0.29) is 5.91 Å². The van der Waals surface area contributed by atoms with Crippen LogP contribution < -0.4 is 15.8 Å². The maximum atomic E-state index is 12.0. The highest BCUT2D eigenvalue weighted by Crippen LogP contribution is 2.25. The van der Waals surface area contributed by atoms with E-state index in [1.165, 1.54) is 5.56 Å². The smallest absolute Gasteiger partial charge is 0.251 e. The Morgan fingerprint density at radius 3 is 2.68 bits per heavy atom. The lowest BCUT2D eigenvalue weighted by Gasteiger charge is -2.14. The Morgan fingerprint density at radius 1 is 1.18 bits per heavy atom. The third kappa shape index (κ3) is 4.25. The minimum atomic E-state index is -0.145.